The van der Waals surface area contributed by atoms with Gasteiger partial charge in [-0.05, 0) is 40.5 Å². The Labute approximate surface area is 181 Å². The number of carbonyl (C=O) groups is 3. The van der Waals surface area contributed by atoms with E-state index in [2.05, 4.69) is 15.3 Å². The van der Waals surface area contributed by atoms with E-state index >= 15 is 0 Å². The van der Waals surface area contributed by atoms with E-state index in [4.69, 9.17) is 10.5 Å². The summed E-state index contributed by atoms with van der Waals surface area (Å²) in [6, 6.07) is -1.25. The van der Waals surface area contributed by atoms with Crippen molar-refractivity contribution in [3.05, 3.63) is 18.2 Å². The summed E-state index contributed by atoms with van der Waals surface area (Å²) in [6.07, 6.45) is 5.40. The number of rotatable bonds is 8. The summed E-state index contributed by atoms with van der Waals surface area (Å²) in [7, 11) is 0. The molecule has 0 bridgehead atoms. The molecule has 6 N–H and O–H groups in total. The van der Waals surface area contributed by atoms with E-state index < -0.39 is 46.5 Å². The maximum atomic E-state index is 13.5. The van der Waals surface area contributed by atoms with E-state index in [1.54, 1.807) is 27.0 Å². The van der Waals surface area contributed by atoms with Crippen LogP contribution in [-0.4, -0.2) is 60.8 Å². The van der Waals surface area contributed by atoms with Crippen LogP contribution in [0.15, 0.2) is 12.5 Å². The third kappa shape index (κ3) is 5.62. The van der Waals surface area contributed by atoms with Gasteiger partial charge >= 0.3 is 12.1 Å². The maximum absolute atomic E-state index is 13.5. The van der Waals surface area contributed by atoms with E-state index in [0.717, 1.165) is 19.3 Å². The van der Waals surface area contributed by atoms with Gasteiger partial charge in [0, 0.05) is 18.5 Å². The highest BCUT2D eigenvalue weighted by Crippen LogP contribution is 2.39. The molecule has 10 heteroatoms. The lowest BCUT2D eigenvalue weighted by Gasteiger charge is -2.45. The van der Waals surface area contributed by atoms with Crippen molar-refractivity contribution in [1.82, 2.24) is 15.3 Å². The normalized spacial score (nSPS) is 20.2. The van der Waals surface area contributed by atoms with Crippen LogP contribution in [0, 0.1) is 5.92 Å². The van der Waals surface area contributed by atoms with Crippen molar-refractivity contribution >= 4 is 17.8 Å². The molecule has 1 aliphatic rings. The van der Waals surface area contributed by atoms with Crippen molar-refractivity contribution < 1.29 is 29.3 Å². The molecule has 2 rings (SSSR count). The number of carbonyl (C=O) groups excluding carboxylic acids is 2. The molecule has 1 amide bonds. The largest absolute Gasteiger partial charge is 0.479 e. The van der Waals surface area contributed by atoms with E-state index in [0.29, 0.717) is 18.5 Å². The Hall–Kier alpha value is -2.46. The number of nitrogens with one attached hydrogen (secondary N) is 2. The molecular weight excluding hydrogens is 404 g/mol. The number of H-pyrrole nitrogens is 1. The van der Waals surface area contributed by atoms with Crippen LogP contribution in [0.4, 0.5) is 4.79 Å². The van der Waals surface area contributed by atoms with E-state index in [1.165, 1.54) is 13.3 Å². The fourth-order valence-electron chi connectivity index (χ4n) is 4.16. The van der Waals surface area contributed by atoms with Gasteiger partial charge in [0.15, 0.2) is 11.4 Å². The number of hydrogen-bond donors (Lipinski definition) is 5. The standard InChI is InChI=1S/C21H34N4O6/c1-19(2,3)31-18(29)25-15(10-14-11-23-12-24-14)16(26)20(4,22)21(30,17(27)28)13-8-6-5-7-9-13/h11-13,15,30H,5-10,22H2,1-4H3,(H,23,24)(H,25,29)(H,27,28)/t15-,20+,21?/m0/s1. The number of aromatic nitrogens is 2. The lowest BCUT2D eigenvalue weighted by Crippen LogP contribution is -2.73. The first-order valence-electron chi connectivity index (χ1n) is 10.5. The molecule has 0 radical (unpaired) electrons. The average Bonchev–Trinajstić information content (AvgIpc) is 3.18. The summed E-state index contributed by atoms with van der Waals surface area (Å²) < 4.78 is 5.25. The van der Waals surface area contributed by atoms with Gasteiger partial charge in [0.25, 0.3) is 0 Å². The van der Waals surface area contributed by atoms with E-state index in [1.807, 2.05) is 0 Å². The van der Waals surface area contributed by atoms with Gasteiger partial charge in [0.05, 0.1) is 18.1 Å². The third-order valence-corrected chi connectivity index (χ3v) is 5.80. The number of carboxylic acid groups (broad SMARTS) is 1. The number of ketones is 1. The van der Waals surface area contributed by atoms with Crippen molar-refractivity contribution in [3.8, 4) is 0 Å². The lowest BCUT2D eigenvalue weighted by atomic mass is 9.65. The van der Waals surface area contributed by atoms with Crippen molar-refractivity contribution in [1.29, 1.82) is 0 Å². The molecule has 31 heavy (non-hydrogen) atoms. The highest BCUT2D eigenvalue weighted by atomic mass is 16.6. The van der Waals surface area contributed by atoms with Gasteiger partial charge in [-0.3, -0.25) is 4.79 Å². The zero-order valence-corrected chi connectivity index (χ0v) is 18.6. The number of alkyl carbamates (subject to hydrolysis) is 1. The summed E-state index contributed by atoms with van der Waals surface area (Å²) in [4.78, 5) is 45.0. The van der Waals surface area contributed by atoms with E-state index in [9.17, 15) is 24.6 Å². The molecule has 10 nitrogen and oxygen atoms in total. The summed E-state index contributed by atoms with van der Waals surface area (Å²) >= 11 is 0. The quantitative estimate of drug-likeness (QED) is 0.407. The van der Waals surface area contributed by atoms with Crippen molar-refractivity contribution in [3.63, 3.8) is 0 Å². The summed E-state index contributed by atoms with van der Waals surface area (Å²) in [6.45, 7) is 6.25. The number of imidazole rings is 1. The zero-order chi connectivity index (χ0) is 23.4. The molecular formula is C21H34N4O6. The minimum atomic E-state index is -2.48. The minimum absolute atomic E-state index is 0.0469. The Morgan fingerprint density at radius 2 is 1.87 bits per heavy atom. The smallest absolute Gasteiger partial charge is 0.408 e. The Bertz CT molecular complexity index is 780. The fraction of sp³-hybridized carbons (Fsp3) is 0.714. The molecule has 1 heterocycles. The number of carboxylic acids is 1. The third-order valence-electron chi connectivity index (χ3n) is 5.80. The van der Waals surface area contributed by atoms with E-state index in [-0.39, 0.29) is 6.42 Å². The molecule has 1 aromatic heterocycles. The van der Waals surface area contributed by atoms with Crippen LogP contribution in [-0.2, 0) is 20.7 Å². The number of aromatic amines is 1. The van der Waals surface area contributed by atoms with Gasteiger partial charge in [-0.2, -0.15) is 0 Å². The molecule has 0 saturated heterocycles. The number of aliphatic hydroxyl groups is 1. The van der Waals surface area contributed by atoms with Crippen molar-refractivity contribution in [2.24, 2.45) is 11.7 Å². The van der Waals surface area contributed by atoms with Gasteiger partial charge in [-0.25, -0.2) is 14.6 Å². The highest BCUT2D eigenvalue weighted by Gasteiger charge is 2.60. The Balaban J connectivity index is 2.36. The molecule has 1 saturated carbocycles. The summed E-state index contributed by atoms with van der Waals surface area (Å²) in [5.41, 5.74) is 1.30. The first-order valence-corrected chi connectivity index (χ1v) is 10.5. The van der Waals surface area contributed by atoms with Crippen LogP contribution >= 0.6 is 0 Å². The molecule has 3 atom stereocenters. The van der Waals surface area contributed by atoms with Gasteiger partial charge in [0.1, 0.15) is 11.1 Å². The zero-order valence-electron chi connectivity index (χ0n) is 18.6. The Morgan fingerprint density at radius 1 is 1.26 bits per heavy atom. The molecule has 174 valence electrons. The number of amides is 1. The fourth-order valence-corrected chi connectivity index (χ4v) is 4.16. The lowest BCUT2D eigenvalue weighted by molar-refractivity contribution is -0.180. The monoisotopic (exact) mass is 438 g/mol. The number of nitrogens with zero attached hydrogens (tertiary/aromatic N) is 1. The van der Waals surface area contributed by atoms with Crippen LogP contribution in [0.25, 0.3) is 0 Å². The number of ether oxygens (including phenoxy) is 1. The topological polar surface area (TPSA) is 168 Å². The van der Waals surface area contributed by atoms with Crippen LogP contribution in [0.5, 0.6) is 0 Å². The Morgan fingerprint density at radius 3 is 2.35 bits per heavy atom. The van der Waals surface area contributed by atoms with Crippen molar-refractivity contribution in [2.75, 3.05) is 0 Å². The number of hydrogen-bond acceptors (Lipinski definition) is 7. The number of nitrogens with two attached hydrogens (primary N) is 1. The van der Waals surface area contributed by atoms with Gasteiger partial charge in [-0.15, -0.1) is 0 Å². The molecule has 0 spiro atoms. The highest BCUT2D eigenvalue weighted by molar-refractivity contribution is 6.01. The molecule has 1 fully saturated rings. The van der Waals surface area contributed by atoms with Crippen LogP contribution in [0.2, 0.25) is 0 Å². The Kier molecular flexibility index (Phi) is 7.48. The summed E-state index contributed by atoms with van der Waals surface area (Å²) in [5.74, 6) is -3.03. The molecule has 1 aliphatic carbocycles. The first kappa shape index (κ1) is 24.8. The van der Waals surface area contributed by atoms with Crippen molar-refractivity contribution in [2.45, 2.75) is 89.0 Å². The second kappa shape index (κ2) is 9.35. The summed E-state index contributed by atoms with van der Waals surface area (Å²) in [5, 5.41) is 23.7. The molecule has 1 unspecified atom stereocenters. The van der Waals surface area contributed by atoms with Crippen LogP contribution < -0.4 is 11.1 Å². The SMILES string of the molecule is CC(C)(C)OC(=O)N[C@@H](Cc1c[nH]cn1)C(=O)[C@@](C)(N)C(O)(C(=O)O)C1CCCCC1. The van der Waals surface area contributed by atoms with Gasteiger partial charge in [0.2, 0.25) is 0 Å². The van der Waals surface area contributed by atoms with Gasteiger partial charge < -0.3 is 31.0 Å². The molecule has 0 aliphatic heterocycles. The van der Waals surface area contributed by atoms with Gasteiger partial charge in [-0.1, -0.05) is 19.3 Å². The predicted molar refractivity (Wildman–Crippen MR) is 112 cm³/mol. The number of Topliss-reactive ketones (excluding diaryl/α,β-unsaturated/α-hetero) is 1. The predicted octanol–water partition coefficient (Wildman–Crippen LogP) is 1.53. The average molecular weight is 439 g/mol. The first-order chi connectivity index (χ1) is 14.3. The second-order valence-electron chi connectivity index (χ2n) is 9.44. The van der Waals surface area contributed by atoms with Crippen LogP contribution in [0.3, 0.4) is 0 Å². The molecule has 1 aromatic rings. The minimum Gasteiger partial charge on any atom is -0.479 e. The second-order valence-corrected chi connectivity index (χ2v) is 9.44. The van der Waals surface area contributed by atoms with Crippen LogP contribution in [0.1, 0.15) is 65.5 Å². The molecule has 0 aromatic carbocycles. The number of aliphatic carboxylic acids is 1. The maximum Gasteiger partial charge on any atom is 0.408 e.